The van der Waals surface area contributed by atoms with Gasteiger partial charge in [-0.3, -0.25) is 0 Å². The average molecular weight is 974 g/mol. The fourth-order valence-corrected chi connectivity index (χ4v) is 9.78. The molecule has 0 N–H and O–H groups in total. The van der Waals surface area contributed by atoms with Gasteiger partial charge in [0.05, 0.1) is 23.9 Å². The van der Waals surface area contributed by atoms with Crippen LogP contribution in [0.2, 0.25) is 13.3 Å². The van der Waals surface area contributed by atoms with E-state index < -0.39 is 23.9 Å². The van der Waals surface area contributed by atoms with Crippen LogP contribution in [0.1, 0.15) is 203 Å². The number of unbranched alkanes of at least 4 members (excludes halogenated alkanes) is 15. The van der Waals surface area contributed by atoms with Gasteiger partial charge < -0.3 is 39.6 Å². The van der Waals surface area contributed by atoms with Crippen LogP contribution in [-0.4, -0.2) is 67.5 Å². The van der Waals surface area contributed by atoms with Crippen molar-refractivity contribution in [3.8, 4) is 0 Å². The molecule has 0 aromatic carbocycles. The molecule has 0 bridgehead atoms. The van der Waals surface area contributed by atoms with Crippen molar-refractivity contribution in [3.63, 3.8) is 0 Å². The molecule has 0 saturated carbocycles. The predicted octanol–water partition coefficient (Wildman–Crippen LogP) is 7.66. The molecule has 0 spiro atoms. The molecule has 0 aromatic heterocycles. The van der Waals surface area contributed by atoms with Gasteiger partial charge in [0.2, 0.25) is 0 Å². The topological polar surface area (TPSA) is 161 Å². The van der Waals surface area contributed by atoms with E-state index in [1.165, 1.54) is 81.5 Å². The van der Waals surface area contributed by atoms with E-state index in [1.54, 1.807) is 44.2 Å². The molecule has 0 radical (unpaired) electrons. The Hall–Kier alpha value is -1.04. The van der Waals surface area contributed by atoms with Gasteiger partial charge in [-0.05, 0) is 60.8 Å². The first-order valence-corrected chi connectivity index (χ1v) is 27.4. The minimum atomic E-state index is -1.48. The number of hydrogen-bond acceptors (Lipinski definition) is 8. The predicted molar refractivity (Wildman–Crippen MR) is 220 cm³/mol. The Morgan fingerprint density at radius 3 is 1.06 bits per heavy atom. The number of aliphatic carboxylic acids is 4. The Balaban J connectivity index is -0.000000326. The van der Waals surface area contributed by atoms with Crippen molar-refractivity contribution in [2.75, 3.05) is 0 Å². The van der Waals surface area contributed by atoms with Crippen LogP contribution in [0.25, 0.3) is 0 Å². The number of hydrogen-bond donors (Lipinski definition) is 0. The van der Waals surface area contributed by atoms with Crippen molar-refractivity contribution in [2.24, 2.45) is 11.8 Å². The third kappa shape index (κ3) is 57.7. The standard InChI is InChI=1S/2C12H20O4.2C8H17.C4H9.2Sn/c2*1-9(2)6-4-3-5-7-10(12(15)16)8-11(13)14;2*1-3-5-7-8-6-4-2;1-3-4-2;;/h2*8-9H,3-7H2,1-2H3,(H,13,14)(H,15,16);2*1,3-8H2,2H3;1,3-4H2,2H3;;/q;;;;;+2;+3/p-4/b2*10-8-;;;;;. The van der Waals surface area contributed by atoms with Gasteiger partial charge in [0, 0.05) is 0 Å². The first-order chi connectivity index (χ1) is 25.7. The molecule has 0 unspecified atom stereocenters. The Labute approximate surface area is 355 Å². The van der Waals surface area contributed by atoms with E-state index in [0.29, 0.717) is 36.8 Å². The molecule has 0 aliphatic heterocycles. The van der Waals surface area contributed by atoms with E-state index in [-0.39, 0.29) is 45.1 Å². The van der Waals surface area contributed by atoms with Crippen molar-refractivity contribution in [1.29, 1.82) is 0 Å². The van der Waals surface area contributed by atoms with Gasteiger partial charge in [0.1, 0.15) is 0 Å². The van der Waals surface area contributed by atoms with Crippen LogP contribution in [0.15, 0.2) is 23.3 Å². The molecular weight excluding hydrogens is 894 g/mol. The molecule has 54 heavy (non-hydrogen) atoms. The third-order valence-corrected chi connectivity index (χ3v) is 13.6. The zero-order valence-electron chi connectivity index (χ0n) is 35.7. The fourth-order valence-electron chi connectivity index (χ4n) is 5.20. The maximum absolute atomic E-state index is 10.5. The number of carboxylic acids is 4. The minimum absolute atomic E-state index is 0.0736. The molecule has 10 heteroatoms. The van der Waals surface area contributed by atoms with Gasteiger partial charge in [-0.15, -0.1) is 0 Å². The molecular formula is C44H79O8Sn2+. The fraction of sp³-hybridized carbons (Fsp3) is 0.818. The molecule has 0 saturated heterocycles. The first-order valence-electron chi connectivity index (χ1n) is 21.3. The van der Waals surface area contributed by atoms with Gasteiger partial charge in [-0.1, -0.05) is 66.2 Å². The van der Waals surface area contributed by atoms with Crippen LogP contribution in [-0.2, 0) is 19.2 Å². The average Bonchev–Trinajstić information content (AvgIpc) is 3.09. The number of carboxylic acid groups (broad SMARTS) is 4. The molecule has 0 fully saturated rings. The molecule has 0 aromatic rings. The third-order valence-electron chi connectivity index (χ3n) is 8.51. The summed E-state index contributed by atoms with van der Waals surface area (Å²) in [6.45, 7) is 15.3. The van der Waals surface area contributed by atoms with Crippen molar-refractivity contribution in [1.82, 2.24) is 0 Å². The summed E-state index contributed by atoms with van der Waals surface area (Å²) in [7, 11) is 0. The van der Waals surface area contributed by atoms with Gasteiger partial charge in [0.15, 0.2) is 0 Å². The monoisotopic (exact) mass is 975 g/mol. The summed E-state index contributed by atoms with van der Waals surface area (Å²) in [6, 6.07) is 0. The summed E-state index contributed by atoms with van der Waals surface area (Å²) in [5.41, 5.74) is -0.380. The van der Waals surface area contributed by atoms with Crippen molar-refractivity contribution in [2.45, 2.75) is 216 Å². The van der Waals surface area contributed by atoms with Crippen LogP contribution in [0.5, 0.6) is 0 Å². The molecule has 0 rings (SSSR count). The number of carbonyl (C=O) groups excluding carboxylic acids is 4. The Morgan fingerprint density at radius 2 is 0.796 bits per heavy atom. The molecule has 310 valence electrons. The van der Waals surface area contributed by atoms with E-state index >= 15 is 0 Å². The summed E-state index contributed by atoms with van der Waals surface area (Å²) in [5, 5.41) is 41.5. The summed E-state index contributed by atoms with van der Waals surface area (Å²) < 4.78 is 4.75. The molecule has 0 aliphatic carbocycles. The first kappa shape index (κ1) is 59.6. The Kier molecular flexibility index (Phi) is 53.1. The number of carbonyl (C=O) groups is 4. The summed E-state index contributed by atoms with van der Waals surface area (Å²) in [4.78, 5) is 41.5. The summed E-state index contributed by atoms with van der Waals surface area (Å²) >= 11 is 1.76. The van der Waals surface area contributed by atoms with E-state index in [2.05, 4.69) is 48.5 Å². The molecule has 8 nitrogen and oxygen atoms in total. The second kappa shape index (κ2) is 48.1. The second-order valence-electron chi connectivity index (χ2n) is 14.9. The van der Waals surface area contributed by atoms with E-state index in [1.807, 2.05) is 0 Å². The summed E-state index contributed by atoms with van der Waals surface area (Å²) in [6.07, 6.45) is 29.7. The van der Waals surface area contributed by atoms with E-state index in [0.717, 1.165) is 38.5 Å². The van der Waals surface area contributed by atoms with Crippen LogP contribution in [0.3, 0.4) is 0 Å². The SMILES string of the molecule is CC(C)CCCCC/C(=C/C(=O)[O-])C(=O)[O-].CC(C)CCCCC/C(=C/C(=O)[O-])C(=O)[O-].CCCCCCC[CH2][Sn+2][CH2]CCCCCCC.CCC[CH2][Sn+3]. The molecule has 0 aliphatic rings. The number of rotatable bonds is 32. The van der Waals surface area contributed by atoms with Gasteiger partial charge in [-0.2, -0.15) is 0 Å². The second-order valence-corrected chi connectivity index (χ2v) is 20.6. The van der Waals surface area contributed by atoms with Crippen LogP contribution >= 0.6 is 0 Å². The van der Waals surface area contributed by atoms with Gasteiger partial charge in [-0.25, -0.2) is 0 Å². The quantitative estimate of drug-likeness (QED) is 0.0378. The zero-order valence-corrected chi connectivity index (χ0v) is 41.4. The van der Waals surface area contributed by atoms with Gasteiger partial charge >= 0.3 is 168 Å². The summed E-state index contributed by atoms with van der Waals surface area (Å²) in [5.74, 6) is -4.54. The Bertz CT molecular complexity index is 860. The van der Waals surface area contributed by atoms with E-state index in [4.69, 9.17) is 0 Å². The Morgan fingerprint density at radius 1 is 0.481 bits per heavy atom. The maximum atomic E-state index is 10.5. The molecule has 0 atom stereocenters. The van der Waals surface area contributed by atoms with Crippen LogP contribution in [0.4, 0.5) is 0 Å². The van der Waals surface area contributed by atoms with Gasteiger partial charge in [0.25, 0.3) is 0 Å². The normalized spacial score (nSPS) is 11.1. The molecule has 0 amide bonds. The van der Waals surface area contributed by atoms with Crippen molar-refractivity contribution >= 4 is 67.5 Å². The van der Waals surface area contributed by atoms with E-state index in [9.17, 15) is 39.6 Å². The van der Waals surface area contributed by atoms with Crippen LogP contribution in [0, 0.1) is 11.8 Å². The van der Waals surface area contributed by atoms with Crippen LogP contribution < -0.4 is 20.4 Å². The molecule has 0 heterocycles. The van der Waals surface area contributed by atoms with Crippen molar-refractivity contribution < 1.29 is 39.6 Å². The van der Waals surface area contributed by atoms with Crippen molar-refractivity contribution in [3.05, 3.63) is 23.3 Å². The zero-order chi connectivity index (χ0) is 41.8.